The van der Waals surface area contributed by atoms with Crippen LogP contribution in [0.4, 0.5) is 19.1 Å². The molecular formula is C15H19F3N6O2. The molecule has 0 spiro atoms. The smallest absolute Gasteiger partial charge is 0.339 e. The van der Waals surface area contributed by atoms with Crippen molar-refractivity contribution in [3.8, 4) is 0 Å². The summed E-state index contributed by atoms with van der Waals surface area (Å²) in [5.74, 6) is -0.0569. The Morgan fingerprint density at radius 3 is 2.62 bits per heavy atom. The first-order valence-electron chi connectivity index (χ1n) is 8.26. The van der Waals surface area contributed by atoms with Crippen molar-refractivity contribution < 1.29 is 22.5 Å². The van der Waals surface area contributed by atoms with Gasteiger partial charge in [0.1, 0.15) is 11.7 Å². The summed E-state index contributed by atoms with van der Waals surface area (Å²) < 4.78 is 44.2. The van der Waals surface area contributed by atoms with Gasteiger partial charge in [-0.1, -0.05) is 0 Å². The van der Waals surface area contributed by atoms with E-state index in [1.165, 1.54) is 7.05 Å². The third-order valence-electron chi connectivity index (χ3n) is 4.19. The summed E-state index contributed by atoms with van der Waals surface area (Å²) in [6.45, 7) is 3.30. The highest BCUT2D eigenvalue weighted by Gasteiger charge is 2.35. The lowest BCUT2D eigenvalue weighted by molar-refractivity contribution is -0.141. The molecule has 1 aliphatic rings. The quantitative estimate of drug-likeness (QED) is 0.886. The highest BCUT2D eigenvalue weighted by Crippen LogP contribution is 2.28. The summed E-state index contributed by atoms with van der Waals surface area (Å²) in [5.41, 5.74) is -1.33. The number of carbonyl (C=O) groups excluding carboxylic acids is 1. The zero-order valence-electron chi connectivity index (χ0n) is 14.4. The molecule has 0 bridgehead atoms. The van der Waals surface area contributed by atoms with Crippen LogP contribution in [0.25, 0.3) is 0 Å². The fourth-order valence-corrected chi connectivity index (χ4v) is 2.78. The monoisotopic (exact) mass is 372 g/mol. The summed E-state index contributed by atoms with van der Waals surface area (Å²) in [5, 5.41) is 9.79. The standard InChI is InChI=1S/C15H19F3N6O2/c1-9(13-20-14(22-26-13)24-6-4-3-5-7-24)19-12(25)10-8-11(15(16,17)18)21-23(10)2/h8-9H,3-7H2,1-2H3,(H,19,25). The number of carbonyl (C=O) groups is 1. The van der Waals surface area contributed by atoms with Crippen molar-refractivity contribution in [3.63, 3.8) is 0 Å². The van der Waals surface area contributed by atoms with Gasteiger partial charge in [0.25, 0.3) is 17.7 Å². The molecule has 0 aromatic carbocycles. The minimum atomic E-state index is -4.61. The van der Waals surface area contributed by atoms with E-state index in [9.17, 15) is 18.0 Å². The number of halogens is 3. The molecule has 8 nitrogen and oxygen atoms in total. The third kappa shape index (κ3) is 3.81. The van der Waals surface area contributed by atoms with Crippen LogP contribution in [0.5, 0.6) is 0 Å². The topological polar surface area (TPSA) is 89.1 Å². The van der Waals surface area contributed by atoms with Crippen molar-refractivity contribution >= 4 is 11.9 Å². The molecule has 1 amide bonds. The van der Waals surface area contributed by atoms with Gasteiger partial charge >= 0.3 is 6.18 Å². The number of hydrogen-bond acceptors (Lipinski definition) is 6. The Labute approximate surface area is 147 Å². The van der Waals surface area contributed by atoms with E-state index >= 15 is 0 Å². The molecule has 0 radical (unpaired) electrons. The van der Waals surface area contributed by atoms with Crippen LogP contribution in [0.3, 0.4) is 0 Å². The van der Waals surface area contributed by atoms with Crippen molar-refractivity contribution in [3.05, 3.63) is 23.3 Å². The average Bonchev–Trinajstić information content (AvgIpc) is 3.22. The zero-order chi connectivity index (χ0) is 18.9. The molecule has 1 aliphatic heterocycles. The van der Waals surface area contributed by atoms with E-state index in [4.69, 9.17) is 4.52 Å². The van der Waals surface area contributed by atoms with Gasteiger partial charge in [-0.3, -0.25) is 9.48 Å². The maximum absolute atomic E-state index is 12.7. The largest absolute Gasteiger partial charge is 0.435 e. The summed E-state index contributed by atoms with van der Waals surface area (Å²) in [6, 6.07) is 0.0486. The maximum atomic E-state index is 12.7. The van der Waals surface area contributed by atoms with E-state index in [0.29, 0.717) is 12.0 Å². The molecule has 1 fully saturated rings. The number of nitrogens with one attached hydrogen (secondary N) is 1. The second-order valence-corrected chi connectivity index (χ2v) is 6.21. The Balaban J connectivity index is 1.68. The van der Waals surface area contributed by atoms with Gasteiger partial charge in [0.05, 0.1) is 0 Å². The molecular weight excluding hydrogens is 353 g/mol. The first-order valence-corrected chi connectivity index (χ1v) is 8.26. The van der Waals surface area contributed by atoms with Crippen LogP contribution in [0.2, 0.25) is 0 Å². The lowest BCUT2D eigenvalue weighted by Gasteiger charge is -2.24. The average molecular weight is 372 g/mol. The number of anilines is 1. The van der Waals surface area contributed by atoms with Crippen LogP contribution in [-0.2, 0) is 13.2 Å². The molecule has 1 atom stereocenters. The number of nitrogens with zero attached hydrogens (tertiary/aromatic N) is 5. The first-order chi connectivity index (χ1) is 12.3. The minimum absolute atomic E-state index is 0.192. The first kappa shape index (κ1) is 18.2. The molecule has 2 aromatic heterocycles. The fraction of sp³-hybridized carbons (Fsp3) is 0.600. The molecule has 142 valence electrons. The predicted octanol–water partition coefficient (Wildman–Crippen LogP) is 2.30. The molecule has 26 heavy (non-hydrogen) atoms. The number of amides is 1. The Kier molecular flexibility index (Phi) is 4.88. The van der Waals surface area contributed by atoms with Crippen LogP contribution in [-0.4, -0.2) is 38.9 Å². The molecule has 1 saturated heterocycles. The van der Waals surface area contributed by atoms with Gasteiger partial charge in [-0.2, -0.15) is 23.3 Å². The van der Waals surface area contributed by atoms with E-state index in [1.807, 2.05) is 4.90 Å². The van der Waals surface area contributed by atoms with E-state index in [2.05, 4.69) is 20.6 Å². The van der Waals surface area contributed by atoms with Gasteiger partial charge in [0.15, 0.2) is 5.69 Å². The lowest BCUT2D eigenvalue weighted by Crippen LogP contribution is -2.30. The number of hydrogen-bond donors (Lipinski definition) is 1. The number of aromatic nitrogens is 4. The van der Waals surface area contributed by atoms with Crippen molar-refractivity contribution in [2.24, 2.45) is 7.05 Å². The van der Waals surface area contributed by atoms with Crippen LogP contribution < -0.4 is 10.2 Å². The molecule has 2 aromatic rings. The van der Waals surface area contributed by atoms with Gasteiger partial charge in [-0.15, -0.1) is 0 Å². The molecule has 11 heteroatoms. The zero-order valence-corrected chi connectivity index (χ0v) is 14.4. The van der Waals surface area contributed by atoms with Gasteiger partial charge in [0.2, 0.25) is 0 Å². The van der Waals surface area contributed by atoms with Gasteiger partial charge in [0, 0.05) is 26.2 Å². The second kappa shape index (κ2) is 6.96. The third-order valence-corrected chi connectivity index (χ3v) is 4.19. The Morgan fingerprint density at radius 1 is 1.31 bits per heavy atom. The SMILES string of the molecule is CC(NC(=O)c1cc(C(F)(F)F)nn1C)c1nc(N2CCCCC2)no1. The molecule has 0 saturated carbocycles. The fourth-order valence-electron chi connectivity index (χ4n) is 2.78. The molecule has 0 aliphatic carbocycles. The van der Waals surface area contributed by atoms with Crippen molar-refractivity contribution in [2.45, 2.75) is 38.4 Å². The van der Waals surface area contributed by atoms with E-state index in [0.717, 1.165) is 37.0 Å². The molecule has 1 N–H and O–H groups in total. The summed E-state index contributed by atoms with van der Waals surface area (Å²) in [4.78, 5) is 18.5. The predicted molar refractivity (Wildman–Crippen MR) is 84.5 cm³/mol. The number of aryl methyl sites for hydroxylation is 1. The van der Waals surface area contributed by atoms with Crippen molar-refractivity contribution in [1.29, 1.82) is 0 Å². The summed E-state index contributed by atoms with van der Waals surface area (Å²) >= 11 is 0. The maximum Gasteiger partial charge on any atom is 0.435 e. The number of piperidine rings is 1. The number of alkyl halides is 3. The Hall–Kier alpha value is -2.59. The molecule has 3 heterocycles. The lowest BCUT2D eigenvalue weighted by atomic mass is 10.1. The summed E-state index contributed by atoms with van der Waals surface area (Å²) in [7, 11) is 1.27. The highest BCUT2D eigenvalue weighted by atomic mass is 19.4. The Bertz CT molecular complexity index is 779. The molecule has 3 rings (SSSR count). The normalized spacial score (nSPS) is 16.6. The molecule has 1 unspecified atom stereocenters. The highest BCUT2D eigenvalue weighted by molar-refractivity contribution is 5.92. The van der Waals surface area contributed by atoms with Gasteiger partial charge < -0.3 is 14.7 Å². The minimum Gasteiger partial charge on any atom is -0.339 e. The van der Waals surface area contributed by atoms with Crippen LogP contribution in [0.1, 0.15) is 54.3 Å². The number of rotatable bonds is 4. The Morgan fingerprint density at radius 2 is 2.00 bits per heavy atom. The van der Waals surface area contributed by atoms with Crippen LogP contribution in [0, 0.1) is 0 Å². The van der Waals surface area contributed by atoms with Crippen LogP contribution in [0.15, 0.2) is 10.6 Å². The summed E-state index contributed by atoms with van der Waals surface area (Å²) in [6.07, 6.45) is -1.34. The van der Waals surface area contributed by atoms with Gasteiger partial charge in [-0.05, 0) is 31.3 Å². The van der Waals surface area contributed by atoms with E-state index < -0.39 is 23.8 Å². The van der Waals surface area contributed by atoms with E-state index in [-0.39, 0.29) is 11.6 Å². The second-order valence-electron chi connectivity index (χ2n) is 6.21. The van der Waals surface area contributed by atoms with Crippen LogP contribution >= 0.6 is 0 Å². The van der Waals surface area contributed by atoms with Crippen molar-refractivity contribution in [1.82, 2.24) is 25.2 Å². The van der Waals surface area contributed by atoms with Gasteiger partial charge in [-0.25, -0.2) is 0 Å². The van der Waals surface area contributed by atoms with Crippen molar-refractivity contribution in [2.75, 3.05) is 18.0 Å². The van der Waals surface area contributed by atoms with E-state index in [1.54, 1.807) is 6.92 Å².